The predicted molar refractivity (Wildman–Crippen MR) is 72.8 cm³/mol. The van der Waals surface area contributed by atoms with Crippen LogP contribution in [0.1, 0.15) is 12.5 Å². The Morgan fingerprint density at radius 1 is 1.31 bits per heavy atom. The molecule has 0 N–H and O–H groups in total. The first-order valence-electron chi connectivity index (χ1n) is 5.33. The number of allylic oxidation sites excluding steroid dienone is 3. The Hall–Kier alpha value is -1.28. The lowest BCUT2D eigenvalue weighted by molar-refractivity contribution is 0.530. The number of halogens is 1. The van der Waals surface area contributed by atoms with Gasteiger partial charge in [-0.2, -0.15) is 0 Å². The molecule has 1 aromatic rings. The Kier molecular flexibility index (Phi) is 3.30. The Morgan fingerprint density at radius 3 is 2.75 bits per heavy atom. The average Bonchev–Trinajstić information content (AvgIpc) is 2.29. The van der Waals surface area contributed by atoms with Gasteiger partial charge in [-0.1, -0.05) is 46.8 Å². The molecule has 0 saturated heterocycles. The van der Waals surface area contributed by atoms with Crippen LogP contribution < -0.4 is 0 Å². The van der Waals surface area contributed by atoms with Crippen LogP contribution in [0.25, 0.3) is 5.70 Å². The van der Waals surface area contributed by atoms with Gasteiger partial charge < -0.3 is 4.90 Å². The molecular weight excluding hydrogens is 262 g/mol. The molecule has 0 bridgehead atoms. The molecule has 1 aliphatic rings. The zero-order valence-corrected chi connectivity index (χ0v) is 10.9. The van der Waals surface area contributed by atoms with Crippen LogP contribution in [0.15, 0.2) is 59.2 Å². The topological polar surface area (TPSA) is 3.24 Å². The summed E-state index contributed by atoms with van der Waals surface area (Å²) in [6, 6.07) is 8.25. The Balaban J connectivity index is 2.47. The monoisotopic (exact) mass is 275 g/mol. The Morgan fingerprint density at radius 2 is 2.06 bits per heavy atom. The summed E-state index contributed by atoms with van der Waals surface area (Å²) in [4.78, 5) is 2.21. The summed E-state index contributed by atoms with van der Waals surface area (Å²) < 4.78 is 1.11. The number of nitrogens with zero attached hydrogens (tertiary/aromatic N) is 1. The van der Waals surface area contributed by atoms with E-state index >= 15 is 0 Å². The lowest BCUT2D eigenvalue weighted by atomic mass is 10.1. The van der Waals surface area contributed by atoms with Gasteiger partial charge in [0.05, 0.1) is 0 Å². The van der Waals surface area contributed by atoms with E-state index in [-0.39, 0.29) is 0 Å². The van der Waals surface area contributed by atoms with Gasteiger partial charge in [0.1, 0.15) is 0 Å². The van der Waals surface area contributed by atoms with Crippen LogP contribution in [-0.2, 0) is 0 Å². The van der Waals surface area contributed by atoms with Gasteiger partial charge in [0, 0.05) is 28.0 Å². The highest BCUT2D eigenvalue weighted by Gasteiger charge is 2.15. The third-order valence-corrected chi connectivity index (χ3v) is 3.34. The van der Waals surface area contributed by atoms with Gasteiger partial charge in [-0.25, -0.2) is 0 Å². The quantitative estimate of drug-likeness (QED) is 0.782. The summed E-state index contributed by atoms with van der Waals surface area (Å²) in [6.45, 7) is 7.12. The van der Waals surface area contributed by atoms with Crippen LogP contribution in [0, 0.1) is 0 Å². The lowest BCUT2D eigenvalue weighted by Crippen LogP contribution is -2.21. The second kappa shape index (κ2) is 4.71. The van der Waals surface area contributed by atoms with Gasteiger partial charge in [0.2, 0.25) is 0 Å². The predicted octanol–water partition coefficient (Wildman–Crippen LogP) is 4.20. The van der Waals surface area contributed by atoms with Crippen LogP contribution >= 0.6 is 15.9 Å². The molecule has 1 nitrogen and oxygen atoms in total. The minimum atomic E-state index is 0.927. The second-order valence-electron chi connectivity index (χ2n) is 3.63. The molecule has 1 aliphatic heterocycles. The van der Waals surface area contributed by atoms with Crippen molar-refractivity contribution >= 4 is 21.6 Å². The van der Waals surface area contributed by atoms with E-state index < -0.39 is 0 Å². The van der Waals surface area contributed by atoms with Crippen LogP contribution in [-0.4, -0.2) is 11.4 Å². The number of benzene rings is 1. The summed E-state index contributed by atoms with van der Waals surface area (Å²) in [5.74, 6) is 0. The molecule has 0 spiro atoms. The molecule has 0 amide bonds. The molecule has 0 radical (unpaired) electrons. The SMILES string of the molecule is C=C1C=CC=C(c2ccccc2Br)N1CC. The fraction of sp³-hybridized carbons (Fsp3) is 0.143. The average molecular weight is 276 g/mol. The van der Waals surface area contributed by atoms with Crippen molar-refractivity contribution in [1.29, 1.82) is 0 Å². The van der Waals surface area contributed by atoms with E-state index in [1.165, 1.54) is 11.3 Å². The van der Waals surface area contributed by atoms with Crippen LogP contribution in [0.2, 0.25) is 0 Å². The van der Waals surface area contributed by atoms with E-state index in [9.17, 15) is 0 Å². The molecule has 0 aliphatic carbocycles. The van der Waals surface area contributed by atoms with Crippen molar-refractivity contribution in [2.45, 2.75) is 6.92 Å². The zero-order valence-electron chi connectivity index (χ0n) is 9.28. The highest BCUT2D eigenvalue weighted by atomic mass is 79.9. The smallest absolute Gasteiger partial charge is 0.0495 e. The molecule has 0 aromatic heterocycles. The van der Waals surface area contributed by atoms with Crippen LogP contribution in [0.4, 0.5) is 0 Å². The highest BCUT2D eigenvalue weighted by Crippen LogP contribution is 2.31. The molecule has 1 aromatic carbocycles. The molecule has 82 valence electrons. The van der Waals surface area contributed by atoms with Crippen molar-refractivity contribution in [3.63, 3.8) is 0 Å². The van der Waals surface area contributed by atoms with Crippen LogP contribution in [0.5, 0.6) is 0 Å². The molecule has 16 heavy (non-hydrogen) atoms. The van der Waals surface area contributed by atoms with Gasteiger partial charge in [-0.05, 0) is 25.1 Å². The van der Waals surface area contributed by atoms with Crippen molar-refractivity contribution in [1.82, 2.24) is 4.90 Å². The zero-order chi connectivity index (χ0) is 11.5. The van der Waals surface area contributed by atoms with Crippen molar-refractivity contribution in [3.05, 3.63) is 64.8 Å². The van der Waals surface area contributed by atoms with E-state index in [1.54, 1.807) is 0 Å². The molecule has 0 fully saturated rings. The standard InChI is InChI=1S/C14H14BrN/c1-3-16-11(2)7-6-10-14(16)12-8-4-5-9-13(12)15/h4-10H,2-3H2,1H3. The molecular formula is C14H14BrN. The molecule has 0 unspecified atom stereocenters. The number of hydrogen-bond acceptors (Lipinski definition) is 1. The molecule has 0 saturated carbocycles. The van der Waals surface area contributed by atoms with E-state index in [1.807, 2.05) is 18.2 Å². The first kappa shape index (κ1) is 11.2. The first-order valence-corrected chi connectivity index (χ1v) is 6.13. The molecule has 2 heteroatoms. The molecule has 0 atom stereocenters. The van der Waals surface area contributed by atoms with Crippen molar-refractivity contribution in [3.8, 4) is 0 Å². The maximum atomic E-state index is 4.05. The highest BCUT2D eigenvalue weighted by molar-refractivity contribution is 9.10. The van der Waals surface area contributed by atoms with Gasteiger partial charge in [-0.3, -0.25) is 0 Å². The van der Waals surface area contributed by atoms with E-state index in [0.29, 0.717) is 0 Å². The lowest BCUT2D eigenvalue weighted by Gasteiger charge is -2.29. The minimum absolute atomic E-state index is 0.927. The van der Waals surface area contributed by atoms with E-state index in [2.05, 4.69) is 58.6 Å². The summed E-state index contributed by atoms with van der Waals surface area (Å²) >= 11 is 3.59. The normalized spacial score (nSPS) is 15.2. The van der Waals surface area contributed by atoms with Gasteiger partial charge in [0.25, 0.3) is 0 Å². The third kappa shape index (κ3) is 1.98. The number of rotatable bonds is 2. The summed E-state index contributed by atoms with van der Waals surface area (Å²) in [5.41, 5.74) is 3.44. The number of hydrogen-bond donors (Lipinski definition) is 0. The maximum absolute atomic E-state index is 4.05. The summed E-state index contributed by atoms with van der Waals surface area (Å²) in [7, 11) is 0. The van der Waals surface area contributed by atoms with Crippen LogP contribution in [0.3, 0.4) is 0 Å². The first-order chi connectivity index (χ1) is 7.74. The number of likely N-dealkylation sites (N-methyl/N-ethyl adjacent to an activating group) is 1. The van der Waals surface area contributed by atoms with Crippen molar-refractivity contribution in [2.24, 2.45) is 0 Å². The van der Waals surface area contributed by atoms with Crippen molar-refractivity contribution in [2.75, 3.05) is 6.54 Å². The van der Waals surface area contributed by atoms with Gasteiger partial charge >= 0.3 is 0 Å². The summed E-state index contributed by atoms with van der Waals surface area (Å²) in [5, 5.41) is 0. The fourth-order valence-corrected chi connectivity index (χ4v) is 2.35. The minimum Gasteiger partial charge on any atom is -0.342 e. The Bertz CT molecular complexity index is 471. The van der Waals surface area contributed by atoms with Gasteiger partial charge in [-0.15, -0.1) is 0 Å². The molecule has 1 heterocycles. The summed E-state index contributed by atoms with van der Waals surface area (Å²) in [6.07, 6.45) is 6.20. The van der Waals surface area contributed by atoms with Crippen molar-refractivity contribution < 1.29 is 0 Å². The fourth-order valence-electron chi connectivity index (χ4n) is 1.86. The molecule has 2 rings (SSSR count). The van der Waals surface area contributed by atoms with E-state index in [0.717, 1.165) is 16.7 Å². The largest absolute Gasteiger partial charge is 0.342 e. The van der Waals surface area contributed by atoms with E-state index in [4.69, 9.17) is 0 Å². The Labute approximate surface area is 105 Å². The van der Waals surface area contributed by atoms with Gasteiger partial charge in [0.15, 0.2) is 0 Å². The third-order valence-electron chi connectivity index (χ3n) is 2.65. The maximum Gasteiger partial charge on any atom is 0.0495 e. The second-order valence-corrected chi connectivity index (χ2v) is 4.48.